The van der Waals surface area contributed by atoms with E-state index in [4.69, 9.17) is 9.84 Å². The molecule has 0 aliphatic carbocycles. The Morgan fingerprint density at radius 2 is 1.76 bits per heavy atom. The minimum atomic E-state index is -5.67. The molecule has 2 aliphatic heterocycles. The third kappa shape index (κ3) is 6.98. The van der Waals surface area contributed by atoms with E-state index in [-0.39, 0.29) is 12.0 Å². The van der Waals surface area contributed by atoms with E-state index in [2.05, 4.69) is 18.1 Å². The number of phosphoric ester groups is 2. The van der Waals surface area contributed by atoms with Crippen LogP contribution in [0.5, 0.6) is 0 Å². The molecule has 210 valence electrons. The lowest BCUT2D eigenvalue weighted by Gasteiger charge is -2.38. The fraction of sp³-hybridized carbons (Fsp3) is 0.688. The largest absolute Gasteiger partial charge is 0.483 e. The minimum Gasteiger partial charge on any atom is -0.479 e. The summed E-state index contributed by atoms with van der Waals surface area (Å²) in [6, 6.07) is 0. The van der Waals surface area contributed by atoms with E-state index in [0.29, 0.717) is 0 Å². The van der Waals surface area contributed by atoms with Gasteiger partial charge in [-0.15, -0.1) is 0 Å². The van der Waals surface area contributed by atoms with Crippen molar-refractivity contribution in [3.05, 3.63) is 32.6 Å². The highest BCUT2D eigenvalue weighted by molar-refractivity contribution is 7.61. The second-order valence-electron chi connectivity index (χ2n) is 8.07. The molecular weight excluding hydrogens is 554 g/mol. The first-order valence-electron chi connectivity index (χ1n) is 10.3. The molecule has 0 saturated carbocycles. The number of carboxylic acid groups (broad SMARTS) is 1. The summed E-state index contributed by atoms with van der Waals surface area (Å²) in [5.74, 6) is -1.83. The van der Waals surface area contributed by atoms with Gasteiger partial charge in [0, 0.05) is 18.2 Å². The van der Waals surface area contributed by atoms with Gasteiger partial charge in [0.25, 0.3) is 5.56 Å². The second-order valence-corrected chi connectivity index (χ2v) is 11.1. The van der Waals surface area contributed by atoms with Crippen LogP contribution in [-0.4, -0.2) is 100 Å². The number of aromatic nitrogens is 2. The highest BCUT2D eigenvalue weighted by atomic mass is 31.3. The molecule has 21 heteroatoms. The van der Waals surface area contributed by atoms with Crippen molar-refractivity contribution in [1.82, 2.24) is 9.55 Å². The Kier molecular flexibility index (Phi) is 8.93. The van der Waals surface area contributed by atoms with Crippen LogP contribution in [0.2, 0.25) is 0 Å². The highest BCUT2D eigenvalue weighted by Gasteiger charge is 2.51. The molecule has 1 aromatic heterocycles. The SMILES string of the molecule is Cc1cn([C@H]2C[C@H](O)[C@@H](COP(=O)(O)OP(=O)(O)OC3O[C@H](C(=O)O)[C@@H](O)[C@H](O)[C@H]3O)O2)c(=O)[nH]c1=O. The Morgan fingerprint density at radius 1 is 1.11 bits per heavy atom. The number of H-pyrrole nitrogens is 1. The van der Waals surface area contributed by atoms with Crippen LogP contribution in [0.25, 0.3) is 0 Å². The molecule has 2 saturated heterocycles. The number of rotatable bonds is 9. The van der Waals surface area contributed by atoms with Crippen molar-refractivity contribution < 1.29 is 72.1 Å². The van der Waals surface area contributed by atoms with Crippen LogP contribution < -0.4 is 11.2 Å². The number of aromatic amines is 1. The molecule has 0 spiro atoms. The molecule has 2 fully saturated rings. The van der Waals surface area contributed by atoms with Gasteiger partial charge in [-0.2, -0.15) is 4.31 Å². The number of aliphatic hydroxyl groups excluding tert-OH is 4. The van der Waals surface area contributed by atoms with Crippen LogP contribution in [0.15, 0.2) is 15.8 Å². The van der Waals surface area contributed by atoms with Crippen LogP contribution in [0.4, 0.5) is 0 Å². The Morgan fingerprint density at radius 3 is 2.38 bits per heavy atom. The van der Waals surface area contributed by atoms with E-state index in [1.807, 2.05) is 4.98 Å². The maximum absolute atomic E-state index is 12.2. The molecule has 3 heterocycles. The van der Waals surface area contributed by atoms with Crippen LogP contribution in [-0.2, 0) is 36.8 Å². The van der Waals surface area contributed by atoms with E-state index in [1.165, 1.54) is 13.1 Å². The number of nitrogens with one attached hydrogen (secondary N) is 1. The fourth-order valence-corrected chi connectivity index (χ4v) is 5.61. The first-order valence-corrected chi connectivity index (χ1v) is 13.3. The van der Waals surface area contributed by atoms with Crippen LogP contribution in [0.3, 0.4) is 0 Å². The van der Waals surface area contributed by atoms with Crippen molar-refractivity contribution in [3.8, 4) is 0 Å². The molecule has 0 amide bonds. The van der Waals surface area contributed by atoms with Crippen LogP contribution >= 0.6 is 15.6 Å². The Balaban J connectivity index is 1.61. The fourth-order valence-electron chi connectivity index (χ4n) is 3.45. The predicted octanol–water partition coefficient (Wildman–Crippen LogP) is -3.36. The first-order chi connectivity index (χ1) is 17.0. The van der Waals surface area contributed by atoms with Gasteiger partial charge in [-0.25, -0.2) is 18.7 Å². The van der Waals surface area contributed by atoms with E-state index in [0.717, 1.165) is 4.57 Å². The van der Waals surface area contributed by atoms with E-state index < -0.39 is 88.6 Å². The summed E-state index contributed by atoms with van der Waals surface area (Å²) in [6.07, 6.45) is -14.0. The molecule has 8 N–H and O–H groups in total. The van der Waals surface area contributed by atoms with Gasteiger partial charge in [0.05, 0.1) is 12.7 Å². The number of phosphoric acid groups is 2. The lowest BCUT2D eigenvalue weighted by molar-refractivity contribution is -0.274. The molecule has 0 radical (unpaired) electrons. The number of ether oxygens (including phenoxy) is 2. The number of hydrogen-bond acceptors (Lipinski definition) is 14. The predicted molar refractivity (Wildman–Crippen MR) is 113 cm³/mol. The van der Waals surface area contributed by atoms with Gasteiger partial charge in [-0.05, 0) is 6.92 Å². The van der Waals surface area contributed by atoms with E-state index >= 15 is 0 Å². The van der Waals surface area contributed by atoms with Crippen LogP contribution in [0, 0.1) is 6.92 Å². The summed E-state index contributed by atoms with van der Waals surface area (Å²) in [6.45, 7) is 0.508. The van der Waals surface area contributed by atoms with Crippen molar-refractivity contribution in [2.24, 2.45) is 0 Å². The number of aliphatic carboxylic acids is 1. The lowest BCUT2D eigenvalue weighted by Crippen LogP contribution is -2.60. The summed E-state index contributed by atoms with van der Waals surface area (Å²) in [5, 5.41) is 48.3. The maximum Gasteiger partial charge on any atom is 0.483 e. The van der Waals surface area contributed by atoms with Crippen molar-refractivity contribution in [2.75, 3.05) is 6.61 Å². The van der Waals surface area contributed by atoms with E-state index in [1.54, 1.807) is 0 Å². The molecule has 19 nitrogen and oxygen atoms in total. The number of aryl methyl sites for hydroxylation is 1. The summed E-state index contributed by atoms with van der Waals surface area (Å²) in [4.78, 5) is 56.2. The first kappa shape index (κ1) is 29.7. The van der Waals surface area contributed by atoms with Crippen molar-refractivity contribution >= 4 is 21.6 Å². The minimum absolute atomic E-state index is 0.160. The average Bonchev–Trinajstić information content (AvgIpc) is 3.14. The monoisotopic (exact) mass is 578 g/mol. The molecule has 3 rings (SSSR count). The quantitative estimate of drug-likeness (QED) is 0.133. The normalized spacial score (nSPS) is 35.5. The number of carbonyl (C=O) groups is 1. The summed E-state index contributed by atoms with van der Waals surface area (Å²) in [7, 11) is -11.1. The Hall–Kier alpha value is -1.83. The molecule has 3 unspecified atom stereocenters. The zero-order chi connectivity index (χ0) is 27.9. The third-order valence-corrected chi connectivity index (χ3v) is 7.92. The van der Waals surface area contributed by atoms with Gasteiger partial charge in [0.2, 0.25) is 0 Å². The Bertz CT molecular complexity index is 1220. The number of nitrogens with zero attached hydrogens (tertiary/aromatic N) is 1. The standard InChI is InChI=1S/C16H24N2O17P2/c1-5-3-18(16(26)17-13(5)23)8-2-6(19)7(32-8)4-31-36(27,28)35-37(29,30)34-15-11(22)9(20)10(21)12(33-15)14(24)25/h3,6-12,15,19-22H,2,4H2,1H3,(H,24,25)(H,27,28)(H,29,30)(H,17,23,26)/t6-,7+,8+,9-,10-,11+,12-,15?/m0/s1. The molecular formula is C16H24N2O17P2. The van der Waals surface area contributed by atoms with Crippen LogP contribution in [0.1, 0.15) is 18.2 Å². The molecule has 1 aromatic rings. The molecule has 0 aromatic carbocycles. The van der Waals surface area contributed by atoms with Gasteiger partial charge >= 0.3 is 27.3 Å². The van der Waals surface area contributed by atoms with Gasteiger partial charge in [0.1, 0.15) is 30.6 Å². The molecule has 0 bridgehead atoms. The number of hydrogen-bond donors (Lipinski definition) is 8. The van der Waals surface area contributed by atoms with Gasteiger partial charge in [-0.3, -0.25) is 23.4 Å². The van der Waals surface area contributed by atoms with Gasteiger partial charge in [-0.1, -0.05) is 0 Å². The summed E-state index contributed by atoms with van der Waals surface area (Å²) in [5.41, 5.74) is -1.32. The highest BCUT2D eigenvalue weighted by Crippen LogP contribution is 2.61. The molecule has 37 heavy (non-hydrogen) atoms. The van der Waals surface area contributed by atoms with Crippen molar-refractivity contribution in [3.63, 3.8) is 0 Å². The average molecular weight is 578 g/mol. The topological polar surface area (TPSA) is 294 Å². The van der Waals surface area contributed by atoms with Gasteiger partial charge < -0.3 is 44.8 Å². The smallest absolute Gasteiger partial charge is 0.479 e. The second kappa shape index (κ2) is 11.1. The summed E-state index contributed by atoms with van der Waals surface area (Å²) >= 11 is 0. The maximum atomic E-state index is 12.2. The third-order valence-electron chi connectivity index (χ3n) is 5.32. The zero-order valence-corrected chi connectivity index (χ0v) is 20.5. The Labute approximate surface area is 205 Å². The molecule has 10 atom stereocenters. The van der Waals surface area contributed by atoms with Crippen molar-refractivity contribution in [2.45, 2.75) is 62.5 Å². The lowest BCUT2D eigenvalue weighted by atomic mass is 9.99. The number of carboxylic acids is 1. The molecule has 2 aliphatic rings. The zero-order valence-electron chi connectivity index (χ0n) is 18.7. The summed E-state index contributed by atoms with van der Waals surface area (Å²) < 4.78 is 48.3. The van der Waals surface area contributed by atoms with Crippen molar-refractivity contribution in [1.29, 1.82) is 0 Å². The van der Waals surface area contributed by atoms with Gasteiger partial charge in [0.15, 0.2) is 12.4 Å². The number of aliphatic hydroxyl groups is 4. The van der Waals surface area contributed by atoms with E-state index in [9.17, 15) is 53.7 Å².